The molecule has 1 rings (SSSR count). The third-order valence-corrected chi connectivity index (χ3v) is 2.44. The Morgan fingerprint density at radius 1 is 1.42 bits per heavy atom. The second-order valence-corrected chi connectivity index (χ2v) is 3.64. The number of rotatable bonds is 2. The van der Waals surface area contributed by atoms with Gasteiger partial charge in [0, 0.05) is 0 Å². The van der Waals surface area contributed by atoms with Crippen molar-refractivity contribution in [1.29, 1.82) is 0 Å². The van der Waals surface area contributed by atoms with Gasteiger partial charge in [-0.25, -0.2) is 0 Å². The quantitative estimate of drug-likeness (QED) is 0.676. The first-order chi connectivity index (χ1) is 5.83. The van der Waals surface area contributed by atoms with Crippen LogP contribution < -0.4 is 0 Å². The Morgan fingerprint density at radius 3 is 2.67 bits per heavy atom. The summed E-state index contributed by atoms with van der Waals surface area (Å²) in [5, 5.41) is 0. The summed E-state index contributed by atoms with van der Waals surface area (Å²) >= 11 is 6.35. The summed E-state index contributed by atoms with van der Waals surface area (Å²) in [5.41, 5.74) is 1.15. The number of hydrogen-bond donors (Lipinski definition) is 0. The van der Waals surface area contributed by atoms with E-state index in [1.54, 1.807) is 0 Å². The summed E-state index contributed by atoms with van der Waals surface area (Å²) in [5.74, 6) is 0. The summed E-state index contributed by atoms with van der Waals surface area (Å²) in [7, 11) is 0. The van der Waals surface area contributed by atoms with E-state index in [0.29, 0.717) is 11.0 Å². The summed E-state index contributed by atoms with van der Waals surface area (Å²) in [6.45, 7) is 0.570. The second-order valence-electron chi connectivity index (χ2n) is 2.23. The molecule has 0 spiro atoms. The Bertz CT molecular complexity index is 246. The lowest BCUT2D eigenvalue weighted by atomic mass is 10.2. The van der Waals surface area contributed by atoms with Gasteiger partial charge in [0.25, 0.3) is 0 Å². The standard InChI is InChI=1S/C9H10OS2/c1-12-9(11)10-7-8-5-3-2-4-6-8/h2-6H,7H2,1H3. The lowest BCUT2D eigenvalue weighted by molar-refractivity contribution is 0.310. The van der Waals surface area contributed by atoms with Gasteiger partial charge in [-0.15, -0.1) is 0 Å². The largest absolute Gasteiger partial charge is 0.474 e. The summed E-state index contributed by atoms with van der Waals surface area (Å²) in [4.78, 5) is 0. The zero-order chi connectivity index (χ0) is 8.81. The van der Waals surface area contributed by atoms with E-state index in [1.165, 1.54) is 11.8 Å². The van der Waals surface area contributed by atoms with E-state index in [9.17, 15) is 0 Å². The van der Waals surface area contributed by atoms with Crippen LogP contribution >= 0.6 is 24.0 Å². The van der Waals surface area contributed by atoms with Crippen molar-refractivity contribution >= 4 is 28.4 Å². The van der Waals surface area contributed by atoms with Gasteiger partial charge in [0.2, 0.25) is 4.38 Å². The zero-order valence-electron chi connectivity index (χ0n) is 6.82. The van der Waals surface area contributed by atoms with E-state index in [1.807, 2.05) is 36.6 Å². The van der Waals surface area contributed by atoms with Gasteiger partial charge in [-0.2, -0.15) is 0 Å². The molecular weight excluding hydrogens is 188 g/mol. The lowest BCUT2D eigenvalue weighted by Crippen LogP contribution is -1.96. The molecule has 0 saturated carbocycles. The minimum atomic E-state index is 0.570. The highest BCUT2D eigenvalue weighted by atomic mass is 32.2. The van der Waals surface area contributed by atoms with Crippen molar-refractivity contribution < 1.29 is 4.74 Å². The van der Waals surface area contributed by atoms with Crippen LogP contribution in [0.1, 0.15) is 5.56 Å². The smallest absolute Gasteiger partial charge is 0.220 e. The number of thiocarbonyl (C=S) groups is 1. The second kappa shape index (κ2) is 5.17. The molecule has 0 heterocycles. The molecule has 0 aliphatic heterocycles. The highest BCUT2D eigenvalue weighted by molar-refractivity contribution is 8.22. The Labute approximate surface area is 82.1 Å². The van der Waals surface area contributed by atoms with Gasteiger partial charge in [-0.05, 0) is 24.0 Å². The van der Waals surface area contributed by atoms with Crippen LogP contribution in [0.4, 0.5) is 0 Å². The van der Waals surface area contributed by atoms with Gasteiger partial charge in [-0.3, -0.25) is 0 Å². The summed E-state index contributed by atoms with van der Waals surface area (Å²) in [6, 6.07) is 9.99. The fourth-order valence-corrected chi connectivity index (χ4v) is 1.01. The predicted octanol–water partition coefficient (Wildman–Crippen LogP) is 2.85. The highest BCUT2D eigenvalue weighted by Crippen LogP contribution is 2.05. The first-order valence-corrected chi connectivity index (χ1v) is 5.21. The van der Waals surface area contributed by atoms with E-state index in [0.717, 1.165) is 5.56 Å². The van der Waals surface area contributed by atoms with Gasteiger partial charge in [0.05, 0.1) is 0 Å². The van der Waals surface area contributed by atoms with Crippen LogP contribution in [0.3, 0.4) is 0 Å². The van der Waals surface area contributed by atoms with Crippen LogP contribution in [0.5, 0.6) is 0 Å². The van der Waals surface area contributed by atoms with Gasteiger partial charge in [-0.1, -0.05) is 42.1 Å². The first kappa shape index (κ1) is 9.55. The van der Waals surface area contributed by atoms with Crippen molar-refractivity contribution in [2.45, 2.75) is 6.61 Å². The molecule has 0 aromatic heterocycles. The molecular formula is C9H10OS2. The topological polar surface area (TPSA) is 9.23 Å². The van der Waals surface area contributed by atoms with Crippen LogP contribution in [0.25, 0.3) is 0 Å². The zero-order valence-corrected chi connectivity index (χ0v) is 8.45. The maximum absolute atomic E-state index is 5.27. The Balaban J connectivity index is 2.38. The molecule has 0 radical (unpaired) electrons. The van der Waals surface area contributed by atoms with E-state index < -0.39 is 0 Å². The van der Waals surface area contributed by atoms with E-state index >= 15 is 0 Å². The molecule has 0 N–H and O–H groups in total. The van der Waals surface area contributed by atoms with Crippen molar-refractivity contribution in [2.24, 2.45) is 0 Å². The maximum atomic E-state index is 5.27. The SMILES string of the molecule is CSC(=S)OCc1ccccc1. The third-order valence-electron chi connectivity index (χ3n) is 1.37. The first-order valence-electron chi connectivity index (χ1n) is 3.57. The van der Waals surface area contributed by atoms with E-state index in [2.05, 4.69) is 0 Å². The normalized spacial score (nSPS) is 9.42. The minimum absolute atomic E-state index is 0.570. The average Bonchev–Trinajstić information content (AvgIpc) is 2.16. The predicted molar refractivity (Wildman–Crippen MR) is 57.3 cm³/mol. The van der Waals surface area contributed by atoms with Crippen LogP contribution in [-0.2, 0) is 11.3 Å². The molecule has 1 nitrogen and oxygen atoms in total. The van der Waals surface area contributed by atoms with Crippen molar-refractivity contribution in [3.05, 3.63) is 35.9 Å². The molecule has 0 bridgehead atoms. The van der Waals surface area contributed by atoms with Crippen molar-refractivity contribution in [3.8, 4) is 0 Å². The van der Waals surface area contributed by atoms with Crippen LogP contribution in [0.2, 0.25) is 0 Å². The fourth-order valence-electron chi connectivity index (χ4n) is 0.775. The number of benzene rings is 1. The van der Waals surface area contributed by atoms with Gasteiger partial charge >= 0.3 is 0 Å². The molecule has 0 saturated heterocycles. The molecule has 1 aromatic rings. The van der Waals surface area contributed by atoms with E-state index in [-0.39, 0.29) is 0 Å². The van der Waals surface area contributed by atoms with Crippen molar-refractivity contribution in [3.63, 3.8) is 0 Å². The molecule has 3 heteroatoms. The molecule has 64 valence electrons. The van der Waals surface area contributed by atoms with Crippen LogP contribution in [-0.4, -0.2) is 10.6 Å². The van der Waals surface area contributed by atoms with E-state index in [4.69, 9.17) is 17.0 Å². The van der Waals surface area contributed by atoms with Crippen LogP contribution in [0, 0.1) is 0 Å². The molecule has 0 atom stereocenters. The minimum Gasteiger partial charge on any atom is -0.474 e. The lowest BCUT2D eigenvalue weighted by Gasteiger charge is -2.03. The maximum Gasteiger partial charge on any atom is 0.220 e. The Kier molecular flexibility index (Phi) is 4.11. The molecule has 0 aliphatic carbocycles. The molecule has 0 amide bonds. The molecule has 1 aromatic carbocycles. The Hall–Kier alpha value is -0.540. The highest BCUT2D eigenvalue weighted by Gasteiger charge is 1.94. The molecule has 0 unspecified atom stereocenters. The Morgan fingerprint density at radius 2 is 2.08 bits per heavy atom. The number of hydrogen-bond acceptors (Lipinski definition) is 3. The molecule has 12 heavy (non-hydrogen) atoms. The molecule has 0 fully saturated rings. The van der Waals surface area contributed by atoms with Gasteiger partial charge in [0.1, 0.15) is 6.61 Å². The number of ether oxygens (including phenoxy) is 1. The molecule has 0 aliphatic rings. The summed E-state index contributed by atoms with van der Waals surface area (Å²) < 4.78 is 5.87. The monoisotopic (exact) mass is 198 g/mol. The summed E-state index contributed by atoms with van der Waals surface area (Å²) in [6.07, 6.45) is 1.91. The fraction of sp³-hybridized carbons (Fsp3) is 0.222. The van der Waals surface area contributed by atoms with Crippen molar-refractivity contribution in [2.75, 3.05) is 6.26 Å². The third kappa shape index (κ3) is 3.24. The average molecular weight is 198 g/mol. The van der Waals surface area contributed by atoms with Gasteiger partial charge in [0.15, 0.2) is 0 Å². The van der Waals surface area contributed by atoms with Gasteiger partial charge < -0.3 is 4.74 Å². The van der Waals surface area contributed by atoms with Crippen molar-refractivity contribution in [1.82, 2.24) is 0 Å². The number of thioether (sulfide) groups is 1. The van der Waals surface area contributed by atoms with Crippen LogP contribution in [0.15, 0.2) is 30.3 Å².